The summed E-state index contributed by atoms with van der Waals surface area (Å²) in [6.07, 6.45) is 1.54. The van der Waals surface area contributed by atoms with Crippen molar-refractivity contribution in [3.63, 3.8) is 0 Å². The molecule has 0 radical (unpaired) electrons. The predicted molar refractivity (Wildman–Crippen MR) is 84.5 cm³/mol. The number of methoxy groups -OCH3 is 1. The van der Waals surface area contributed by atoms with E-state index in [4.69, 9.17) is 21.6 Å². The minimum Gasteiger partial charge on any atom is -0.497 e. The average molecular weight is 330 g/mol. The first-order valence-electron chi connectivity index (χ1n) is 6.75. The zero-order valence-corrected chi connectivity index (χ0v) is 13.0. The number of hydrogen-bond donors (Lipinski definition) is 0. The molecule has 0 fully saturated rings. The summed E-state index contributed by atoms with van der Waals surface area (Å²) in [5.74, 6) is 0.768. The van der Waals surface area contributed by atoms with Crippen LogP contribution in [0.3, 0.4) is 0 Å². The number of benzene rings is 1. The van der Waals surface area contributed by atoms with Crippen LogP contribution in [0.2, 0.25) is 5.28 Å². The summed E-state index contributed by atoms with van der Waals surface area (Å²) in [5.41, 5.74) is 1.17. The molecule has 8 heteroatoms. The van der Waals surface area contributed by atoms with E-state index in [1.165, 1.54) is 6.33 Å². The van der Waals surface area contributed by atoms with Crippen molar-refractivity contribution in [1.82, 2.24) is 19.1 Å². The van der Waals surface area contributed by atoms with Gasteiger partial charge in [-0.15, -0.1) is 0 Å². The number of halogens is 1. The highest BCUT2D eigenvalue weighted by atomic mass is 35.5. The van der Waals surface area contributed by atoms with Crippen LogP contribution in [0.25, 0.3) is 11.2 Å². The van der Waals surface area contributed by atoms with Crippen molar-refractivity contribution in [3.8, 4) is 11.8 Å². The van der Waals surface area contributed by atoms with E-state index in [2.05, 4.69) is 9.97 Å². The molecule has 116 valence electrons. The third kappa shape index (κ3) is 2.76. The fourth-order valence-corrected chi connectivity index (χ4v) is 2.47. The van der Waals surface area contributed by atoms with E-state index in [1.807, 2.05) is 30.3 Å². The normalized spacial score (nSPS) is 10.7. The highest BCUT2D eigenvalue weighted by molar-refractivity contribution is 6.28. The van der Waals surface area contributed by atoms with E-state index in [0.717, 1.165) is 15.9 Å². The van der Waals surface area contributed by atoms with Crippen LogP contribution in [0.1, 0.15) is 5.56 Å². The number of fused-ring (bicyclic) bond motifs is 1. The molecule has 3 aromatic rings. The van der Waals surface area contributed by atoms with Crippen molar-refractivity contribution >= 4 is 22.8 Å². The van der Waals surface area contributed by atoms with Crippen molar-refractivity contribution in [3.05, 3.63) is 51.8 Å². The Labute approximate surface area is 136 Å². The number of nitriles is 1. The topological polar surface area (TPSA) is 85.7 Å². The number of nitrogens with zero attached hydrogens (tertiary/aromatic N) is 5. The van der Waals surface area contributed by atoms with Gasteiger partial charge in [0.2, 0.25) is 5.28 Å². The molecule has 0 aliphatic carbocycles. The lowest BCUT2D eigenvalue weighted by Gasteiger charge is -2.07. The van der Waals surface area contributed by atoms with Gasteiger partial charge in [0, 0.05) is 0 Å². The fourth-order valence-electron chi connectivity index (χ4n) is 2.25. The maximum Gasteiger partial charge on any atom is 0.283 e. The van der Waals surface area contributed by atoms with Crippen LogP contribution in [0, 0.1) is 11.3 Å². The van der Waals surface area contributed by atoms with E-state index in [-0.39, 0.29) is 17.3 Å². The maximum absolute atomic E-state index is 12.3. The summed E-state index contributed by atoms with van der Waals surface area (Å²) in [6.45, 7) is 0.331. The van der Waals surface area contributed by atoms with Gasteiger partial charge in [0.15, 0.2) is 11.2 Å². The van der Waals surface area contributed by atoms with E-state index in [0.29, 0.717) is 12.2 Å². The van der Waals surface area contributed by atoms with Crippen LogP contribution in [0.5, 0.6) is 5.75 Å². The second-order valence-electron chi connectivity index (χ2n) is 4.82. The van der Waals surface area contributed by atoms with Crippen LogP contribution in [-0.4, -0.2) is 26.2 Å². The molecular formula is C15H12ClN5O2. The molecule has 0 N–H and O–H groups in total. The first kappa shape index (κ1) is 15.1. The second kappa shape index (κ2) is 6.10. The van der Waals surface area contributed by atoms with Gasteiger partial charge in [-0.1, -0.05) is 12.1 Å². The molecule has 0 atom stereocenters. The third-order valence-corrected chi connectivity index (χ3v) is 3.71. The zero-order chi connectivity index (χ0) is 16.4. The van der Waals surface area contributed by atoms with Gasteiger partial charge in [-0.2, -0.15) is 10.2 Å². The smallest absolute Gasteiger partial charge is 0.283 e. The highest BCUT2D eigenvalue weighted by Crippen LogP contribution is 2.15. The Morgan fingerprint density at radius 3 is 2.74 bits per heavy atom. The van der Waals surface area contributed by atoms with Crippen LogP contribution in [0.15, 0.2) is 35.4 Å². The summed E-state index contributed by atoms with van der Waals surface area (Å²) < 4.78 is 7.95. The molecule has 0 saturated heterocycles. The second-order valence-corrected chi connectivity index (χ2v) is 5.16. The Balaban J connectivity index is 2.02. The van der Waals surface area contributed by atoms with Gasteiger partial charge in [0.1, 0.15) is 12.3 Å². The Hall–Kier alpha value is -2.85. The predicted octanol–water partition coefficient (Wildman–Crippen LogP) is 1.83. The van der Waals surface area contributed by atoms with Gasteiger partial charge in [0.05, 0.1) is 26.1 Å². The minimum absolute atomic E-state index is 0.0273. The van der Waals surface area contributed by atoms with Crippen molar-refractivity contribution in [2.24, 2.45) is 0 Å². The first-order valence-corrected chi connectivity index (χ1v) is 7.13. The summed E-state index contributed by atoms with van der Waals surface area (Å²) in [6, 6.07) is 9.43. The van der Waals surface area contributed by atoms with Crippen LogP contribution in [0.4, 0.5) is 0 Å². The summed E-state index contributed by atoms with van der Waals surface area (Å²) in [4.78, 5) is 20.6. The van der Waals surface area contributed by atoms with Gasteiger partial charge in [-0.25, -0.2) is 4.98 Å². The molecule has 3 rings (SSSR count). The quantitative estimate of drug-likeness (QED) is 0.682. The lowest BCUT2D eigenvalue weighted by Crippen LogP contribution is -2.22. The molecule has 0 aliphatic heterocycles. The molecule has 0 aliphatic rings. The third-order valence-electron chi connectivity index (χ3n) is 3.42. The molecule has 1 aromatic carbocycles. The highest BCUT2D eigenvalue weighted by Gasteiger charge is 2.14. The molecule has 0 spiro atoms. The molecule has 0 amide bonds. The Morgan fingerprint density at radius 2 is 2.09 bits per heavy atom. The number of rotatable bonds is 4. The molecule has 2 aromatic heterocycles. The monoisotopic (exact) mass is 329 g/mol. The molecule has 0 unspecified atom stereocenters. The molecule has 23 heavy (non-hydrogen) atoms. The van der Waals surface area contributed by atoms with E-state index < -0.39 is 5.56 Å². The Bertz CT molecular complexity index is 953. The summed E-state index contributed by atoms with van der Waals surface area (Å²) in [5, 5.41) is 8.72. The lowest BCUT2D eigenvalue weighted by atomic mass is 10.2. The van der Waals surface area contributed by atoms with Gasteiger partial charge in [-0.05, 0) is 29.3 Å². The summed E-state index contributed by atoms with van der Waals surface area (Å²) in [7, 11) is 1.61. The summed E-state index contributed by atoms with van der Waals surface area (Å²) >= 11 is 6.00. The molecule has 0 bridgehead atoms. The number of aromatic nitrogens is 4. The number of imidazole rings is 1. The largest absolute Gasteiger partial charge is 0.497 e. The minimum atomic E-state index is -0.421. The van der Waals surface area contributed by atoms with Crippen molar-refractivity contribution in [2.75, 3.05) is 7.11 Å². The SMILES string of the molecule is COc1ccc(Cn2cnc3c(=O)n(CC#N)c(Cl)nc32)cc1. The molecule has 2 heterocycles. The van der Waals surface area contributed by atoms with E-state index >= 15 is 0 Å². The van der Waals surface area contributed by atoms with Crippen molar-refractivity contribution in [2.45, 2.75) is 13.1 Å². The number of hydrogen-bond acceptors (Lipinski definition) is 5. The van der Waals surface area contributed by atoms with Gasteiger partial charge >= 0.3 is 0 Å². The Morgan fingerprint density at radius 1 is 1.35 bits per heavy atom. The van der Waals surface area contributed by atoms with E-state index in [1.54, 1.807) is 11.7 Å². The standard InChI is InChI=1S/C15H12ClN5O2/c1-23-11-4-2-10(3-5-11)8-20-9-18-12-13(20)19-15(16)21(7-6-17)14(12)22/h2-5,9H,7-8H2,1H3. The van der Waals surface area contributed by atoms with Crippen molar-refractivity contribution in [1.29, 1.82) is 5.26 Å². The van der Waals surface area contributed by atoms with Crippen LogP contribution in [-0.2, 0) is 13.1 Å². The molecule has 0 saturated carbocycles. The van der Waals surface area contributed by atoms with Crippen LogP contribution < -0.4 is 10.3 Å². The van der Waals surface area contributed by atoms with Gasteiger partial charge in [-0.3, -0.25) is 9.36 Å². The van der Waals surface area contributed by atoms with Crippen LogP contribution >= 0.6 is 11.6 Å². The Kier molecular flexibility index (Phi) is 4.00. The molecule has 7 nitrogen and oxygen atoms in total. The lowest BCUT2D eigenvalue weighted by molar-refractivity contribution is 0.414. The van der Waals surface area contributed by atoms with E-state index in [9.17, 15) is 4.79 Å². The fraction of sp³-hybridized carbons (Fsp3) is 0.200. The average Bonchev–Trinajstić information content (AvgIpc) is 2.95. The molecular weight excluding hydrogens is 318 g/mol. The van der Waals surface area contributed by atoms with Gasteiger partial charge in [0.25, 0.3) is 5.56 Å². The maximum atomic E-state index is 12.3. The van der Waals surface area contributed by atoms with Gasteiger partial charge < -0.3 is 9.30 Å². The number of ether oxygens (including phenoxy) is 1. The first-order chi connectivity index (χ1) is 11.1. The zero-order valence-electron chi connectivity index (χ0n) is 12.2. The van der Waals surface area contributed by atoms with Crippen molar-refractivity contribution < 1.29 is 4.74 Å².